The molecule has 1 aliphatic rings. The topological polar surface area (TPSA) is 31.4 Å². The highest BCUT2D eigenvalue weighted by Gasteiger charge is 2.52. The number of nitrogens with zero attached hydrogens (tertiary/aromatic N) is 1. The predicted molar refractivity (Wildman–Crippen MR) is 120 cm³/mol. The van der Waals surface area contributed by atoms with Gasteiger partial charge >= 0.3 is 7.12 Å². The average Bonchev–Trinajstić information content (AvgIpc) is 2.93. The number of hydrogen-bond donors (Lipinski definition) is 0. The van der Waals surface area contributed by atoms with E-state index < -0.39 is 0 Å². The van der Waals surface area contributed by atoms with E-state index in [-0.39, 0.29) is 18.3 Å². The highest BCUT2D eigenvalue weighted by Crippen LogP contribution is 2.38. The van der Waals surface area contributed by atoms with E-state index in [0.717, 1.165) is 27.3 Å². The third-order valence-electron chi connectivity index (χ3n) is 6.39. The standard InChI is InChI=1S/C25H24BNO2/c1-24(2)25(3,4)29-26(28-24)22-15-14-19(18-11-5-6-12-20(18)22)21-13-7-9-17-10-8-16-27-23(17)21/h5-16H,1-4H3. The number of hydrogen-bond acceptors (Lipinski definition) is 3. The normalized spacial score (nSPS) is 17.9. The van der Waals surface area contributed by atoms with Crippen LogP contribution in [0.25, 0.3) is 32.8 Å². The van der Waals surface area contributed by atoms with Crippen molar-refractivity contribution in [2.75, 3.05) is 0 Å². The molecule has 3 aromatic carbocycles. The molecule has 0 bridgehead atoms. The molecule has 0 saturated carbocycles. The molecule has 144 valence electrons. The van der Waals surface area contributed by atoms with Crippen LogP contribution in [0, 0.1) is 0 Å². The molecule has 0 radical (unpaired) electrons. The average molecular weight is 381 g/mol. The van der Waals surface area contributed by atoms with Gasteiger partial charge in [0.1, 0.15) is 0 Å². The molecule has 4 aromatic rings. The van der Waals surface area contributed by atoms with Gasteiger partial charge in [0, 0.05) is 17.1 Å². The number of aromatic nitrogens is 1. The molecule has 1 saturated heterocycles. The lowest BCUT2D eigenvalue weighted by molar-refractivity contribution is 0.00578. The number of pyridine rings is 1. The third kappa shape index (κ3) is 2.86. The Hall–Kier alpha value is -2.69. The van der Waals surface area contributed by atoms with Crippen LogP contribution in [0.15, 0.2) is 72.9 Å². The molecule has 29 heavy (non-hydrogen) atoms. The zero-order chi connectivity index (χ0) is 20.2. The van der Waals surface area contributed by atoms with Crippen LogP contribution in [0.2, 0.25) is 0 Å². The van der Waals surface area contributed by atoms with Crippen molar-refractivity contribution >= 4 is 34.3 Å². The third-order valence-corrected chi connectivity index (χ3v) is 6.39. The summed E-state index contributed by atoms with van der Waals surface area (Å²) in [6.45, 7) is 8.35. The molecule has 2 heterocycles. The second kappa shape index (κ2) is 6.41. The van der Waals surface area contributed by atoms with Gasteiger partial charge in [-0.15, -0.1) is 0 Å². The molecule has 1 aromatic heterocycles. The van der Waals surface area contributed by atoms with Crippen LogP contribution in [0.3, 0.4) is 0 Å². The fraction of sp³-hybridized carbons (Fsp3) is 0.240. The maximum absolute atomic E-state index is 6.34. The van der Waals surface area contributed by atoms with E-state index in [4.69, 9.17) is 9.31 Å². The fourth-order valence-corrected chi connectivity index (χ4v) is 4.05. The first-order valence-corrected chi connectivity index (χ1v) is 10.1. The molecule has 0 unspecified atom stereocenters. The van der Waals surface area contributed by atoms with Crippen molar-refractivity contribution < 1.29 is 9.31 Å². The molecule has 4 heteroatoms. The Labute approximate surface area is 171 Å². The molecule has 3 nitrogen and oxygen atoms in total. The first kappa shape index (κ1) is 18.4. The first-order chi connectivity index (χ1) is 13.9. The number of benzene rings is 3. The minimum absolute atomic E-state index is 0.364. The molecule has 0 aliphatic carbocycles. The highest BCUT2D eigenvalue weighted by molar-refractivity contribution is 6.65. The van der Waals surface area contributed by atoms with Crippen molar-refractivity contribution in [2.45, 2.75) is 38.9 Å². The predicted octanol–water partition coefficient (Wildman–Crippen LogP) is 5.35. The summed E-state index contributed by atoms with van der Waals surface area (Å²) in [6, 6.07) is 23.2. The van der Waals surface area contributed by atoms with E-state index in [1.54, 1.807) is 0 Å². The Morgan fingerprint density at radius 1 is 0.690 bits per heavy atom. The summed E-state index contributed by atoms with van der Waals surface area (Å²) in [5.74, 6) is 0. The second-order valence-corrected chi connectivity index (χ2v) is 8.72. The van der Waals surface area contributed by atoms with Crippen LogP contribution in [0.5, 0.6) is 0 Å². The van der Waals surface area contributed by atoms with Gasteiger partial charge in [-0.2, -0.15) is 0 Å². The van der Waals surface area contributed by atoms with E-state index >= 15 is 0 Å². The summed E-state index contributed by atoms with van der Waals surface area (Å²) in [5.41, 5.74) is 3.67. The fourth-order valence-electron chi connectivity index (χ4n) is 4.05. The van der Waals surface area contributed by atoms with Gasteiger partial charge in [-0.05, 0) is 55.6 Å². The summed E-state index contributed by atoms with van der Waals surface area (Å²) in [7, 11) is -0.385. The van der Waals surface area contributed by atoms with Crippen LogP contribution in [0.1, 0.15) is 27.7 Å². The van der Waals surface area contributed by atoms with Gasteiger partial charge in [-0.1, -0.05) is 60.7 Å². The van der Waals surface area contributed by atoms with E-state index in [1.807, 2.05) is 12.3 Å². The van der Waals surface area contributed by atoms with E-state index in [1.165, 1.54) is 10.9 Å². The van der Waals surface area contributed by atoms with E-state index in [0.29, 0.717) is 0 Å². The van der Waals surface area contributed by atoms with Crippen LogP contribution in [0.4, 0.5) is 0 Å². The van der Waals surface area contributed by atoms with Crippen molar-refractivity contribution in [3.8, 4) is 11.1 Å². The number of para-hydroxylation sites is 1. The second-order valence-electron chi connectivity index (χ2n) is 8.72. The molecule has 0 N–H and O–H groups in total. The quantitative estimate of drug-likeness (QED) is 0.439. The van der Waals surface area contributed by atoms with Gasteiger partial charge in [-0.3, -0.25) is 4.98 Å². The van der Waals surface area contributed by atoms with Crippen LogP contribution in [-0.4, -0.2) is 23.3 Å². The number of rotatable bonds is 2. The Morgan fingerprint density at radius 3 is 2.14 bits per heavy atom. The first-order valence-electron chi connectivity index (χ1n) is 10.1. The highest BCUT2D eigenvalue weighted by atomic mass is 16.7. The molecule has 1 fully saturated rings. The largest absolute Gasteiger partial charge is 0.495 e. The monoisotopic (exact) mass is 381 g/mol. The lowest BCUT2D eigenvalue weighted by Crippen LogP contribution is -2.41. The van der Waals surface area contributed by atoms with Gasteiger partial charge in [-0.25, -0.2) is 0 Å². The van der Waals surface area contributed by atoms with Crippen molar-refractivity contribution in [3.05, 3.63) is 72.9 Å². The molecule has 0 atom stereocenters. The van der Waals surface area contributed by atoms with Gasteiger partial charge < -0.3 is 9.31 Å². The summed E-state index contributed by atoms with van der Waals surface area (Å²) in [5, 5.41) is 3.47. The lowest BCUT2D eigenvalue weighted by Gasteiger charge is -2.32. The molecule has 0 amide bonds. The van der Waals surface area contributed by atoms with Crippen molar-refractivity contribution in [3.63, 3.8) is 0 Å². The SMILES string of the molecule is CC1(C)OB(c2ccc(-c3cccc4cccnc34)c3ccccc23)OC1(C)C. The Balaban J connectivity index is 1.71. The minimum atomic E-state index is -0.385. The minimum Gasteiger partial charge on any atom is -0.399 e. The van der Waals surface area contributed by atoms with Gasteiger partial charge in [0.05, 0.1) is 16.7 Å². The van der Waals surface area contributed by atoms with E-state index in [9.17, 15) is 0 Å². The van der Waals surface area contributed by atoms with Crippen molar-refractivity contribution in [2.24, 2.45) is 0 Å². The molecular formula is C25H24BNO2. The Morgan fingerprint density at radius 2 is 1.38 bits per heavy atom. The molecular weight excluding hydrogens is 357 g/mol. The van der Waals surface area contributed by atoms with Crippen molar-refractivity contribution in [1.82, 2.24) is 4.98 Å². The van der Waals surface area contributed by atoms with Crippen LogP contribution < -0.4 is 5.46 Å². The maximum atomic E-state index is 6.34. The summed E-state index contributed by atoms with van der Waals surface area (Å²) in [6.07, 6.45) is 1.85. The Bertz CT molecular complexity index is 1210. The molecule has 5 rings (SSSR count). The summed E-state index contributed by atoms with van der Waals surface area (Å²) >= 11 is 0. The Kier molecular flexibility index (Phi) is 4.06. The number of fused-ring (bicyclic) bond motifs is 2. The van der Waals surface area contributed by atoms with Gasteiger partial charge in [0.2, 0.25) is 0 Å². The van der Waals surface area contributed by atoms with Crippen molar-refractivity contribution in [1.29, 1.82) is 0 Å². The van der Waals surface area contributed by atoms with Crippen LogP contribution in [-0.2, 0) is 9.31 Å². The summed E-state index contributed by atoms with van der Waals surface area (Å²) < 4.78 is 12.7. The summed E-state index contributed by atoms with van der Waals surface area (Å²) in [4.78, 5) is 4.65. The molecule has 1 aliphatic heterocycles. The van der Waals surface area contributed by atoms with Gasteiger partial charge in [0.15, 0.2) is 0 Å². The lowest BCUT2D eigenvalue weighted by atomic mass is 9.75. The smallest absolute Gasteiger partial charge is 0.399 e. The van der Waals surface area contributed by atoms with Crippen LogP contribution >= 0.6 is 0 Å². The van der Waals surface area contributed by atoms with E-state index in [2.05, 4.69) is 93.3 Å². The molecule has 0 spiro atoms. The zero-order valence-electron chi connectivity index (χ0n) is 17.3. The van der Waals surface area contributed by atoms with Gasteiger partial charge in [0.25, 0.3) is 0 Å². The zero-order valence-corrected chi connectivity index (χ0v) is 17.3. The maximum Gasteiger partial charge on any atom is 0.495 e.